The molecule has 1 aromatic rings. The smallest absolute Gasteiger partial charge is 0.487 e. The molecule has 0 saturated carbocycles. The Hall–Kier alpha value is -1.99. The summed E-state index contributed by atoms with van der Waals surface area (Å²) in [6.07, 6.45) is 0. The van der Waals surface area contributed by atoms with Crippen molar-refractivity contribution in [2.45, 2.75) is 0 Å². The monoisotopic (exact) mass is 230 g/mol. The van der Waals surface area contributed by atoms with E-state index in [1.165, 1.54) is 0 Å². The number of carbonyl (C=O) groups excluding carboxylic acids is 2. The van der Waals surface area contributed by atoms with E-state index >= 15 is 0 Å². The van der Waals surface area contributed by atoms with Gasteiger partial charge < -0.3 is 9.31 Å². The second-order valence-corrected chi connectivity index (χ2v) is 2.94. The normalized spacial score (nSPS) is 15.1. The minimum Gasteiger partial charge on any atom is -0.487 e. The van der Waals surface area contributed by atoms with Crippen LogP contribution in [0.1, 0.15) is 0 Å². The van der Waals surface area contributed by atoms with E-state index in [-0.39, 0.29) is 5.46 Å². The molecular weight excluding hydrogens is 228 g/mol. The molecule has 1 saturated heterocycles. The van der Waals surface area contributed by atoms with Crippen LogP contribution in [-0.2, 0) is 18.9 Å². The maximum atomic E-state index is 12.8. The van der Waals surface area contributed by atoms with Crippen LogP contribution in [0, 0.1) is 17.5 Å². The average molecular weight is 230 g/mol. The molecule has 1 aliphatic rings. The molecule has 4 nitrogen and oxygen atoms in total. The third-order valence-corrected chi connectivity index (χ3v) is 1.87. The zero-order valence-electron chi connectivity index (χ0n) is 7.50. The molecule has 1 aromatic carbocycles. The summed E-state index contributed by atoms with van der Waals surface area (Å²) in [6.45, 7) is 0. The van der Waals surface area contributed by atoms with Crippen molar-refractivity contribution in [3.05, 3.63) is 29.6 Å². The van der Waals surface area contributed by atoms with E-state index in [0.717, 1.165) is 0 Å². The first kappa shape index (κ1) is 10.5. The number of benzene rings is 1. The van der Waals surface area contributed by atoms with Gasteiger partial charge in [0.15, 0.2) is 17.5 Å². The van der Waals surface area contributed by atoms with Gasteiger partial charge in [0.25, 0.3) is 0 Å². The van der Waals surface area contributed by atoms with Gasteiger partial charge in [-0.15, -0.1) is 0 Å². The predicted octanol–water partition coefficient (Wildman–Crippen LogP) is -0.101. The van der Waals surface area contributed by atoms with E-state index in [1.54, 1.807) is 0 Å². The van der Waals surface area contributed by atoms with Crippen molar-refractivity contribution >= 4 is 24.5 Å². The lowest BCUT2D eigenvalue weighted by Gasteiger charge is -2.03. The number of rotatable bonds is 1. The highest BCUT2D eigenvalue weighted by molar-refractivity contribution is 6.70. The number of hydrogen-bond acceptors (Lipinski definition) is 4. The van der Waals surface area contributed by atoms with E-state index in [4.69, 9.17) is 0 Å². The lowest BCUT2D eigenvalue weighted by Crippen LogP contribution is -2.33. The van der Waals surface area contributed by atoms with E-state index < -0.39 is 36.5 Å². The first-order chi connectivity index (χ1) is 7.49. The summed E-state index contributed by atoms with van der Waals surface area (Å²) in [6, 6.07) is 1.16. The fourth-order valence-electron chi connectivity index (χ4n) is 1.16. The first-order valence-corrected chi connectivity index (χ1v) is 4.05. The van der Waals surface area contributed by atoms with Crippen molar-refractivity contribution in [2.75, 3.05) is 0 Å². The van der Waals surface area contributed by atoms with E-state index in [0.29, 0.717) is 12.1 Å². The maximum Gasteiger partial charge on any atom is 0.637 e. The zero-order valence-corrected chi connectivity index (χ0v) is 7.50. The van der Waals surface area contributed by atoms with Crippen molar-refractivity contribution in [2.24, 2.45) is 0 Å². The Morgan fingerprint density at radius 3 is 1.81 bits per heavy atom. The predicted molar refractivity (Wildman–Crippen MR) is 43.9 cm³/mol. The van der Waals surface area contributed by atoms with Crippen molar-refractivity contribution in [3.63, 3.8) is 0 Å². The highest BCUT2D eigenvalue weighted by atomic mass is 19.2. The summed E-state index contributed by atoms with van der Waals surface area (Å²) in [5.41, 5.74) is -0.296. The van der Waals surface area contributed by atoms with Crippen molar-refractivity contribution in [3.8, 4) is 0 Å². The summed E-state index contributed by atoms with van der Waals surface area (Å²) < 4.78 is 46.9. The Kier molecular flexibility index (Phi) is 2.33. The molecular formula is C8H2BF3O4. The van der Waals surface area contributed by atoms with Gasteiger partial charge in [-0.25, -0.2) is 22.8 Å². The van der Waals surface area contributed by atoms with Crippen LogP contribution >= 0.6 is 0 Å². The molecule has 0 spiro atoms. The second-order valence-electron chi connectivity index (χ2n) is 2.94. The Morgan fingerprint density at radius 2 is 1.38 bits per heavy atom. The Morgan fingerprint density at radius 1 is 0.938 bits per heavy atom. The summed E-state index contributed by atoms with van der Waals surface area (Å²) >= 11 is 0. The molecule has 8 heteroatoms. The zero-order chi connectivity index (χ0) is 11.9. The molecule has 2 rings (SSSR count). The highest BCUT2D eigenvalue weighted by Gasteiger charge is 2.42. The van der Waals surface area contributed by atoms with E-state index in [1.807, 2.05) is 0 Å². The Labute approximate surface area is 87.1 Å². The fraction of sp³-hybridized carbons (Fsp3) is 0. The quantitative estimate of drug-likeness (QED) is 0.384. The van der Waals surface area contributed by atoms with Gasteiger partial charge >= 0.3 is 19.1 Å². The molecule has 0 atom stereocenters. The van der Waals surface area contributed by atoms with E-state index in [9.17, 15) is 22.8 Å². The van der Waals surface area contributed by atoms with Crippen LogP contribution in [0.4, 0.5) is 13.2 Å². The highest BCUT2D eigenvalue weighted by Crippen LogP contribution is 2.11. The van der Waals surface area contributed by atoms with Crippen molar-refractivity contribution in [1.29, 1.82) is 0 Å². The van der Waals surface area contributed by atoms with Crippen molar-refractivity contribution < 1.29 is 32.1 Å². The molecule has 16 heavy (non-hydrogen) atoms. The van der Waals surface area contributed by atoms with Crippen LogP contribution in [0.15, 0.2) is 12.1 Å². The summed E-state index contributed by atoms with van der Waals surface area (Å²) in [5.74, 6) is -7.12. The SMILES string of the molecule is O=C1OB(c2cc(F)c(F)c(F)c2)OC1=O. The average Bonchev–Trinajstić information content (AvgIpc) is 2.55. The van der Waals surface area contributed by atoms with Gasteiger partial charge in [-0.05, 0) is 12.1 Å². The van der Waals surface area contributed by atoms with Gasteiger partial charge in [0.2, 0.25) is 0 Å². The Bertz CT molecular complexity index is 451. The standard InChI is InChI=1S/C8H2BF3O4/c10-4-1-3(2-5(11)6(4)12)9-15-7(13)8(14)16-9/h1-2H. The molecule has 0 N–H and O–H groups in total. The minimum atomic E-state index is -1.65. The number of halogens is 3. The van der Waals surface area contributed by atoms with Gasteiger partial charge in [-0.2, -0.15) is 0 Å². The topological polar surface area (TPSA) is 52.6 Å². The third-order valence-electron chi connectivity index (χ3n) is 1.87. The minimum absolute atomic E-state index is 0.296. The molecule has 0 radical (unpaired) electrons. The fourth-order valence-corrected chi connectivity index (χ4v) is 1.16. The van der Waals surface area contributed by atoms with Crippen LogP contribution in [0.5, 0.6) is 0 Å². The molecule has 0 aromatic heterocycles. The lowest BCUT2D eigenvalue weighted by molar-refractivity contribution is -0.150. The van der Waals surface area contributed by atoms with Crippen LogP contribution in [0.25, 0.3) is 0 Å². The van der Waals surface area contributed by atoms with Gasteiger partial charge in [0, 0.05) is 5.46 Å². The maximum absolute atomic E-state index is 12.8. The lowest BCUT2D eigenvalue weighted by atomic mass is 9.79. The number of hydrogen-bond donors (Lipinski definition) is 0. The molecule has 0 unspecified atom stereocenters. The largest absolute Gasteiger partial charge is 0.637 e. The Balaban J connectivity index is 2.36. The van der Waals surface area contributed by atoms with Crippen LogP contribution in [0.2, 0.25) is 0 Å². The van der Waals surface area contributed by atoms with Crippen molar-refractivity contribution in [1.82, 2.24) is 0 Å². The summed E-state index contributed by atoms with van der Waals surface area (Å²) in [7, 11) is -1.54. The molecule has 1 fully saturated rings. The van der Waals surface area contributed by atoms with Crippen LogP contribution < -0.4 is 5.46 Å². The number of carbonyl (C=O) groups is 2. The van der Waals surface area contributed by atoms with Gasteiger partial charge in [-0.3, -0.25) is 0 Å². The molecule has 1 heterocycles. The van der Waals surface area contributed by atoms with Gasteiger partial charge in [-0.1, -0.05) is 0 Å². The molecule has 0 bridgehead atoms. The molecule has 0 amide bonds. The van der Waals surface area contributed by atoms with Gasteiger partial charge in [0.1, 0.15) is 0 Å². The van der Waals surface area contributed by atoms with Gasteiger partial charge in [0.05, 0.1) is 0 Å². The molecule has 82 valence electrons. The van der Waals surface area contributed by atoms with Crippen LogP contribution in [0.3, 0.4) is 0 Å². The summed E-state index contributed by atoms with van der Waals surface area (Å²) in [5, 5.41) is 0. The molecule has 0 aliphatic carbocycles. The molecule has 1 aliphatic heterocycles. The summed E-state index contributed by atoms with van der Waals surface area (Å²) in [4.78, 5) is 21.3. The van der Waals surface area contributed by atoms with E-state index in [2.05, 4.69) is 9.31 Å². The van der Waals surface area contributed by atoms with Crippen LogP contribution in [-0.4, -0.2) is 19.1 Å². The second kappa shape index (κ2) is 3.55. The third kappa shape index (κ3) is 1.62. The first-order valence-electron chi connectivity index (χ1n) is 4.05.